The standard InChI is InChI=1S/C45H64BrN7O10/c1-11-34-45(8)38-26(4)35(47-15-16-53(38)43(56)63-45)24(2)18-44(7)39(62-42-36(54)33(52(9)10)17-25(3)60-42)27(5)37(28(6)41(55)61-34)57-21-31(22-58-44)51-59-23-30-13-12-14-32(50-30)40-48-19-29(46)20-49-40/h12-14,19-20,24-28,33-34,36-39,42,54H,11,15-18,21-23H2,1-10H3/t24-,25+,26+,27+,28+,33-,34-,36+,37+,38-,39-,42-,44-,45-/m1/s1. The number of ether oxygens (including phenoxy) is 6. The molecule has 0 aliphatic carbocycles. The highest BCUT2D eigenvalue weighted by Gasteiger charge is 2.60. The first-order chi connectivity index (χ1) is 29.9. The molecule has 2 aromatic heterocycles. The van der Waals surface area contributed by atoms with E-state index in [4.69, 9.17) is 38.3 Å². The molecule has 14 atom stereocenters. The Labute approximate surface area is 378 Å². The van der Waals surface area contributed by atoms with Crippen LogP contribution in [0, 0.1) is 23.7 Å². The van der Waals surface area contributed by atoms with Crippen molar-refractivity contribution in [1.29, 1.82) is 0 Å². The van der Waals surface area contributed by atoms with Crippen LogP contribution in [0.1, 0.15) is 80.3 Å². The van der Waals surface area contributed by atoms with Gasteiger partial charge in [-0.1, -0.05) is 38.9 Å². The summed E-state index contributed by atoms with van der Waals surface area (Å²) in [6.07, 6.45) is -0.283. The topological polar surface area (TPSA) is 189 Å². The third-order valence-electron chi connectivity index (χ3n) is 13.6. The first-order valence-corrected chi connectivity index (χ1v) is 23.0. The number of pyridine rings is 1. The molecule has 4 saturated heterocycles. The number of aliphatic hydroxyl groups is 1. The lowest BCUT2D eigenvalue weighted by molar-refractivity contribution is -0.302. The molecule has 2 aromatic rings. The summed E-state index contributed by atoms with van der Waals surface area (Å²) in [5, 5.41) is 16.4. The maximum Gasteiger partial charge on any atom is 0.410 e. The van der Waals surface area contributed by atoms with Gasteiger partial charge in [-0.15, -0.1) is 0 Å². The Bertz CT molecular complexity index is 2010. The predicted molar refractivity (Wildman–Crippen MR) is 236 cm³/mol. The molecule has 0 saturated carbocycles. The average Bonchev–Trinajstić information content (AvgIpc) is 3.39. The number of aliphatic imine (C=N–C) groups is 1. The van der Waals surface area contributed by atoms with Gasteiger partial charge in [-0.2, -0.15) is 0 Å². The van der Waals surface area contributed by atoms with E-state index in [1.165, 1.54) is 0 Å². The molecule has 18 heteroatoms. The highest BCUT2D eigenvalue weighted by molar-refractivity contribution is 9.10. The van der Waals surface area contributed by atoms with Gasteiger partial charge in [-0.25, -0.2) is 19.7 Å². The number of amides is 1. The molecule has 17 nitrogen and oxygen atoms in total. The minimum atomic E-state index is -1.15. The van der Waals surface area contributed by atoms with Gasteiger partial charge in [0.05, 0.1) is 65.8 Å². The predicted octanol–water partition coefficient (Wildman–Crippen LogP) is 5.46. The molecule has 0 aromatic carbocycles. The molecule has 346 valence electrons. The van der Waals surface area contributed by atoms with Crippen LogP contribution in [0.3, 0.4) is 0 Å². The number of carbonyl (C=O) groups is 2. The lowest BCUT2D eigenvalue weighted by Crippen LogP contribution is -2.60. The van der Waals surface area contributed by atoms with Crippen molar-refractivity contribution in [3.8, 4) is 11.5 Å². The number of halogens is 1. The Balaban J connectivity index is 1.28. The molecule has 63 heavy (non-hydrogen) atoms. The molecule has 0 unspecified atom stereocenters. The Kier molecular flexibility index (Phi) is 14.6. The number of cyclic esters (lactones) is 1. The Morgan fingerprint density at radius 3 is 2.52 bits per heavy atom. The molecule has 0 spiro atoms. The zero-order chi connectivity index (χ0) is 45.4. The quantitative estimate of drug-likeness (QED) is 0.260. The summed E-state index contributed by atoms with van der Waals surface area (Å²) < 4.78 is 40.7. The van der Waals surface area contributed by atoms with Gasteiger partial charge in [-0.05, 0) is 95.0 Å². The number of nitrogens with zero attached hydrogens (tertiary/aromatic N) is 7. The first-order valence-electron chi connectivity index (χ1n) is 22.2. The van der Waals surface area contributed by atoms with Gasteiger partial charge in [0.2, 0.25) is 0 Å². The highest BCUT2D eigenvalue weighted by Crippen LogP contribution is 2.45. The molecular weight excluding hydrogens is 878 g/mol. The van der Waals surface area contributed by atoms with Crippen LogP contribution in [0.15, 0.2) is 45.2 Å². The lowest BCUT2D eigenvalue weighted by atomic mass is 9.72. The molecule has 7 rings (SSSR count). The number of aliphatic hydroxyl groups excluding tert-OH is 1. The molecular formula is C45H64BrN7O10. The first kappa shape index (κ1) is 47.3. The van der Waals surface area contributed by atoms with Gasteiger partial charge in [0.25, 0.3) is 0 Å². The van der Waals surface area contributed by atoms with Crippen molar-refractivity contribution in [3.05, 3.63) is 40.8 Å². The van der Waals surface area contributed by atoms with Crippen LogP contribution in [-0.4, -0.2) is 154 Å². The van der Waals surface area contributed by atoms with E-state index in [1.54, 1.807) is 24.2 Å². The van der Waals surface area contributed by atoms with Gasteiger partial charge in [0, 0.05) is 42.5 Å². The van der Waals surface area contributed by atoms with Crippen molar-refractivity contribution in [3.63, 3.8) is 0 Å². The number of hydrogen-bond acceptors (Lipinski definition) is 16. The van der Waals surface area contributed by atoms with Crippen molar-refractivity contribution in [2.75, 3.05) is 40.4 Å². The highest BCUT2D eigenvalue weighted by atomic mass is 79.9. The van der Waals surface area contributed by atoms with E-state index in [2.05, 4.69) is 49.9 Å². The Morgan fingerprint density at radius 1 is 1.06 bits per heavy atom. The summed E-state index contributed by atoms with van der Waals surface area (Å²) in [5.74, 6) is -1.88. The average molecular weight is 943 g/mol. The Morgan fingerprint density at radius 2 is 1.81 bits per heavy atom. The van der Waals surface area contributed by atoms with Crippen molar-refractivity contribution in [2.45, 2.75) is 141 Å². The number of rotatable bonds is 8. The zero-order valence-electron chi connectivity index (χ0n) is 38.1. The summed E-state index contributed by atoms with van der Waals surface area (Å²) in [6.45, 7) is 16.5. The number of carbonyl (C=O) groups excluding carboxylic acids is 2. The minimum absolute atomic E-state index is 0.0108. The second-order valence-electron chi connectivity index (χ2n) is 18.5. The van der Waals surface area contributed by atoms with Crippen LogP contribution < -0.4 is 0 Å². The number of aromatic nitrogens is 3. The van der Waals surface area contributed by atoms with Gasteiger partial charge in [0.15, 0.2) is 24.3 Å². The van der Waals surface area contributed by atoms with Crippen LogP contribution in [0.25, 0.3) is 11.5 Å². The van der Waals surface area contributed by atoms with Gasteiger partial charge < -0.3 is 43.3 Å². The maximum atomic E-state index is 14.6. The van der Waals surface area contributed by atoms with Gasteiger partial charge in [0.1, 0.15) is 23.6 Å². The summed E-state index contributed by atoms with van der Waals surface area (Å²) in [7, 11) is 3.86. The second-order valence-corrected chi connectivity index (χ2v) is 19.5. The summed E-state index contributed by atoms with van der Waals surface area (Å²) in [6, 6.07) is 4.83. The Hall–Kier alpha value is -3.65. The van der Waals surface area contributed by atoms with Crippen LogP contribution in [0.2, 0.25) is 0 Å². The monoisotopic (exact) mass is 941 g/mol. The van der Waals surface area contributed by atoms with Gasteiger partial charge >= 0.3 is 12.1 Å². The SMILES string of the molecule is CC[C@H]1OC(=O)[C@@H](C)[C@H]2OCC(=NOCc3cccc(-c4ncc(Br)cn4)n3)CO[C@](C)(C[C@@H](C)C3=NCCN4C(=O)O[C@@]1(C)[C@H]4[C@H]3C)[C@H](O[C@H]1O[C@@H](C)C[C@@H](N(C)C)[C@@H]1O)[C@H]2C. The fourth-order valence-corrected chi connectivity index (χ4v) is 10.7. The number of likely N-dealkylation sites (N-methyl/N-ethyl adjacent to an activating group) is 1. The van der Waals surface area contributed by atoms with E-state index in [-0.39, 0.29) is 43.8 Å². The molecule has 5 aliphatic heterocycles. The van der Waals surface area contributed by atoms with E-state index in [9.17, 15) is 14.7 Å². The molecule has 5 aliphatic rings. The molecule has 0 radical (unpaired) electrons. The van der Waals surface area contributed by atoms with Crippen molar-refractivity contribution >= 4 is 39.4 Å². The normalized spacial score (nSPS) is 38.5. The van der Waals surface area contributed by atoms with Crippen LogP contribution in [0.4, 0.5) is 4.79 Å². The van der Waals surface area contributed by atoms with E-state index in [1.807, 2.05) is 71.8 Å². The second kappa shape index (κ2) is 19.4. The summed E-state index contributed by atoms with van der Waals surface area (Å²) in [4.78, 5) is 56.4. The van der Waals surface area contributed by atoms with Crippen LogP contribution in [0.5, 0.6) is 0 Å². The van der Waals surface area contributed by atoms with Crippen LogP contribution in [-0.2, 0) is 44.7 Å². The lowest BCUT2D eigenvalue weighted by Gasteiger charge is -2.48. The molecule has 4 fully saturated rings. The smallest absolute Gasteiger partial charge is 0.410 e. The molecule has 1 amide bonds. The van der Waals surface area contributed by atoms with E-state index < -0.39 is 71.8 Å². The van der Waals surface area contributed by atoms with E-state index in [0.29, 0.717) is 55.3 Å². The maximum absolute atomic E-state index is 14.6. The third-order valence-corrected chi connectivity index (χ3v) is 14.0. The van der Waals surface area contributed by atoms with E-state index in [0.717, 1.165) is 10.2 Å². The minimum Gasteiger partial charge on any atom is -0.458 e. The summed E-state index contributed by atoms with van der Waals surface area (Å²) in [5.41, 5.74) is 0.262. The molecule has 4 bridgehead atoms. The molecule has 1 N–H and O–H groups in total. The summed E-state index contributed by atoms with van der Waals surface area (Å²) >= 11 is 3.37. The largest absolute Gasteiger partial charge is 0.458 e. The van der Waals surface area contributed by atoms with Crippen molar-refractivity contribution in [2.24, 2.45) is 33.8 Å². The number of hydrogen-bond donors (Lipinski definition) is 1. The van der Waals surface area contributed by atoms with Crippen LogP contribution >= 0.6 is 15.9 Å². The fraction of sp³-hybridized carbons (Fsp3) is 0.711. The van der Waals surface area contributed by atoms with Gasteiger partial charge in [-0.3, -0.25) is 14.7 Å². The van der Waals surface area contributed by atoms with Crippen molar-refractivity contribution in [1.82, 2.24) is 24.8 Å². The number of oxime groups is 1. The van der Waals surface area contributed by atoms with E-state index >= 15 is 0 Å². The van der Waals surface area contributed by atoms with Crippen molar-refractivity contribution < 1.29 is 48.0 Å². The fourth-order valence-electron chi connectivity index (χ4n) is 10.5. The molecule has 7 heterocycles. The number of fused-ring (bicyclic) bond motifs is 4. The zero-order valence-corrected chi connectivity index (χ0v) is 39.7. The third kappa shape index (κ3) is 9.82. The number of esters is 1.